The molecule has 2 atom stereocenters. The summed E-state index contributed by atoms with van der Waals surface area (Å²) in [6.07, 6.45) is 1.19. The van der Waals surface area contributed by atoms with Crippen molar-refractivity contribution in [2.75, 3.05) is 0 Å². The number of allylic oxidation sites excluding steroid dienone is 2. The van der Waals surface area contributed by atoms with E-state index in [0.29, 0.717) is 12.2 Å². The molecule has 0 aliphatic rings. The molecule has 1 N–H and O–H groups in total. The molecule has 0 rings (SSSR count). The van der Waals surface area contributed by atoms with E-state index >= 15 is 0 Å². The predicted molar refractivity (Wildman–Crippen MR) is 40.0 cm³/mol. The summed E-state index contributed by atoms with van der Waals surface area (Å²) in [6, 6.07) is 0. The number of rotatable bonds is 4. The predicted octanol–water partition coefficient (Wildman–Crippen LogP) is 2.22. The largest absolute Gasteiger partial charge is 0.340 e. The van der Waals surface area contributed by atoms with Gasteiger partial charge >= 0.3 is 0 Å². The van der Waals surface area contributed by atoms with E-state index in [4.69, 9.17) is 4.89 Å². The molecule has 0 saturated heterocycles. The number of halogens is 2. The van der Waals surface area contributed by atoms with Gasteiger partial charge in [0.25, 0.3) is 7.37 Å². The van der Waals surface area contributed by atoms with Gasteiger partial charge in [-0.2, -0.15) is 0 Å². The summed E-state index contributed by atoms with van der Waals surface area (Å²) in [5.74, 6) is -4.45. The standard InChI is InChI=1S/C6H9F2O2P/c1-3-5(7)11(9,10)6(8)4-2/h3-6H,1-2H2,(H,9,10). The third-order valence-electron chi connectivity index (χ3n) is 1.10. The Balaban J connectivity index is 4.57. The highest BCUT2D eigenvalue weighted by Gasteiger charge is 2.36. The van der Waals surface area contributed by atoms with E-state index in [0.717, 1.165) is 0 Å². The highest BCUT2D eigenvalue weighted by molar-refractivity contribution is 7.59. The molecule has 0 spiro atoms. The van der Waals surface area contributed by atoms with Crippen LogP contribution in [0.25, 0.3) is 0 Å². The summed E-state index contributed by atoms with van der Waals surface area (Å²) >= 11 is 0. The van der Waals surface area contributed by atoms with Crippen molar-refractivity contribution in [2.45, 2.75) is 11.8 Å². The molecule has 11 heavy (non-hydrogen) atoms. The first-order chi connectivity index (χ1) is 4.96. The Hall–Kier alpha value is -0.470. The maximum Gasteiger partial charge on any atom is 0.274 e. The summed E-state index contributed by atoms with van der Waals surface area (Å²) in [6.45, 7) is 5.87. The Labute approximate surface area is 63.7 Å². The fourth-order valence-corrected chi connectivity index (χ4v) is 1.31. The molecule has 2 unspecified atom stereocenters. The van der Waals surface area contributed by atoms with Crippen LogP contribution in [0.1, 0.15) is 0 Å². The zero-order valence-electron chi connectivity index (χ0n) is 5.78. The third-order valence-corrected chi connectivity index (χ3v) is 2.93. The minimum atomic E-state index is -4.44. The van der Waals surface area contributed by atoms with E-state index in [1.807, 2.05) is 0 Å². The highest BCUT2D eigenvalue weighted by atomic mass is 31.2. The summed E-state index contributed by atoms with van der Waals surface area (Å²) in [4.78, 5) is 8.71. The zero-order chi connectivity index (χ0) is 9.07. The summed E-state index contributed by atoms with van der Waals surface area (Å²) in [5.41, 5.74) is 0. The van der Waals surface area contributed by atoms with Crippen LogP contribution >= 0.6 is 7.37 Å². The SMILES string of the molecule is C=CC(F)P(=O)(O)C(F)C=C. The molecule has 0 aromatic rings. The fraction of sp³-hybridized carbons (Fsp3) is 0.333. The summed E-state index contributed by atoms with van der Waals surface area (Å²) in [7, 11) is -4.44. The minimum Gasteiger partial charge on any atom is -0.340 e. The van der Waals surface area contributed by atoms with Gasteiger partial charge in [-0.15, -0.1) is 0 Å². The van der Waals surface area contributed by atoms with Crippen molar-refractivity contribution < 1.29 is 18.2 Å². The maximum atomic E-state index is 12.4. The van der Waals surface area contributed by atoms with Crippen LogP contribution in [0.2, 0.25) is 0 Å². The molecule has 0 heterocycles. The Morgan fingerprint density at radius 1 is 1.27 bits per heavy atom. The monoisotopic (exact) mass is 182 g/mol. The molecule has 0 aromatic heterocycles. The number of hydrogen-bond donors (Lipinski definition) is 1. The smallest absolute Gasteiger partial charge is 0.274 e. The molecule has 0 bridgehead atoms. The van der Waals surface area contributed by atoms with Crippen LogP contribution in [0.15, 0.2) is 25.3 Å². The lowest BCUT2D eigenvalue weighted by Crippen LogP contribution is -2.06. The Morgan fingerprint density at radius 3 is 1.73 bits per heavy atom. The first kappa shape index (κ1) is 10.5. The van der Waals surface area contributed by atoms with E-state index in [9.17, 15) is 13.3 Å². The van der Waals surface area contributed by atoms with Gasteiger partial charge in [0.15, 0.2) is 11.8 Å². The maximum absolute atomic E-state index is 12.4. The van der Waals surface area contributed by atoms with Gasteiger partial charge in [0.2, 0.25) is 0 Å². The minimum absolute atomic E-state index is 0.594. The van der Waals surface area contributed by atoms with Crippen LogP contribution in [-0.4, -0.2) is 16.7 Å². The van der Waals surface area contributed by atoms with Crippen molar-refractivity contribution in [3.63, 3.8) is 0 Å². The molecule has 0 aromatic carbocycles. The van der Waals surface area contributed by atoms with Crippen LogP contribution in [0.5, 0.6) is 0 Å². The normalized spacial score (nSPS) is 21.4. The van der Waals surface area contributed by atoms with Gasteiger partial charge in [0, 0.05) is 0 Å². The first-order valence-electron chi connectivity index (χ1n) is 2.82. The van der Waals surface area contributed by atoms with Crippen molar-refractivity contribution in [3.8, 4) is 0 Å². The Bertz CT molecular complexity index is 187. The molecule has 2 nitrogen and oxygen atoms in total. The molecule has 0 amide bonds. The molecule has 0 radical (unpaired) electrons. The van der Waals surface area contributed by atoms with Gasteiger partial charge in [0.05, 0.1) is 0 Å². The topological polar surface area (TPSA) is 37.3 Å². The first-order valence-corrected chi connectivity index (χ1v) is 4.62. The summed E-state index contributed by atoms with van der Waals surface area (Å²) < 4.78 is 35.6. The van der Waals surface area contributed by atoms with Gasteiger partial charge in [-0.1, -0.05) is 13.2 Å². The van der Waals surface area contributed by atoms with Crippen molar-refractivity contribution >= 4 is 7.37 Å². The molecular weight excluding hydrogens is 173 g/mol. The molecule has 0 saturated carbocycles. The Morgan fingerprint density at radius 2 is 1.55 bits per heavy atom. The lowest BCUT2D eigenvalue weighted by molar-refractivity contribution is 0.361. The van der Waals surface area contributed by atoms with Crippen molar-refractivity contribution in [3.05, 3.63) is 25.3 Å². The van der Waals surface area contributed by atoms with Crippen LogP contribution in [0, 0.1) is 0 Å². The second-order valence-corrected chi connectivity index (χ2v) is 4.22. The summed E-state index contributed by atoms with van der Waals surface area (Å²) in [5, 5.41) is 0. The van der Waals surface area contributed by atoms with Crippen LogP contribution in [-0.2, 0) is 4.57 Å². The number of hydrogen-bond acceptors (Lipinski definition) is 1. The van der Waals surface area contributed by atoms with Crippen LogP contribution < -0.4 is 0 Å². The fourth-order valence-electron chi connectivity index (χ4n) is 0.438. The Kier molecular flexibility index (Phi) is 3.63. The molecule has 0 aliphatic carbocycles. The van der Waals surface area contributed by atoms with Gasteiger partial charge in [-0.05, 0) is 12.2 Å². The second kappa shape index (κ2) is 3.79. The molecular formula is C6H9F2O2P. The quantitative estimate of drug-likeness (QED) is 0.534. The average molecular weight is 182 g/mol. The van der Waals surface area contributed by atoms with E-state index in [1.165, 1.54) is 0 Å². The van der Waals surface area contributed by atoms with Gasteiger partial charge in [0.1, 0.15) is 0 Å². The van der Waals surface area contributed by atoms with Crippen molar-refractivity contribution in [2.24, 2.45) is 0 Å². The molecule has 64 valence electrons. The van der Waals surface area contributed by atoms with Crippen molar-refractivity contribution in [1.82, 2.24) is 0 Å². The second-order valence-electron chi connectivity index (χ2n) is 1.89. The lowest BCUT2D eigenvalue weighted by Gasteiger charge is -2.13. The van der Waals surface area contributed by atoms with E-state index in [-0.39, 0.29) is 0 Å². The van der Waals surface area contributed by atoms with Gasteiger partial charge in [-0.3, -0.25) is 4.57 Å². The average Bonchev–Trinajstić information content (AvgIpc) is 2.01. The molecule has 0 fully saturated rings. The van der Waals surface area contributed by atoms with Crippen molar-refractivity contribution in [1.29, 1.82) is 0 Å². The molecule has 0 aliphatic heterocycles. The zero-order valence-corrected chi connectivity index (χ0v) is 6.68. The highest BCUT2D eigenvalue weighted by Crippen LogP contribution is 2.53. The van der Waals surface area contributed by atoms with Crippen LogP contribution in [0.4, 0.5) is 8.78 Å². The van der Waals surface area contributed by atoms with Gasteiger partial charge < -0.3 is 4.89 Å². The van der Waals surface area contributed by atoms with E-state index < -0.39 is 19.2 Å². The third kappa shape index (κ3) is 2.24. The van der Waals surface area contributed by atoms with E-state index in [1.54, 1.807) is 0 Å². The molecule has 5 heteroatoms. The number of alkyl halides is 2. The van der Waals surface area contributed by atoms with Gasteiger partial charge in [-0.25, -0.2) is 8.78 Å². The lowest BCUT2D eigenvalue weighted by atomic mass is 10.7. The van der Waals surface area contributed by atoms with Crippen LogP contribution in [0.3, 0.4) is 0 Å². The van der Waals surface area contributed by atoms with E-state index in [2.05, 4.69) is 13.2 Å².